The molecule has 6 heteroatoms. The molecule has 4 rings (SSSR count). The van der Waals surface area contributed by atoms with Crippen LogP contribution in [0.25, 0.3) is 0 Å². The van der Waals surface area contributed by atoms with Crippen LogP contribution in [0, 0.1) is 0 Å². The van der Waals surface area contributed by atoms with Gasteiger partial charge in [-0.15, -0.1) is 0 Å². The average molecular weight is 396 g/mol. The molecular weight excluding hydrogens is 368 g/mol. The Balaban J connectivity index is 1.37. The van der Waals surface area contributed by atoms with Crippen molar-refractivity contribution in [3.63, 3.8) is 0 Å². The number of furan rings is 1. The Labute approximate surface area is 171 Å². The van der Waals surface area contributed by atoms with Crippen LogP contribution in [-0.4, -0.2) is 48.6 Å². The van der Waals surface area contributed by atoms with Crippen molar-refractivity contribution in [2.24, 2.45) is 0 Å². The summed E-state index contributed by atoms with van der Waals surface area (Å²) in [6.45, 7) is 1.89. The Bertz CT molecular complexity index is 846. The summed E-state index contributed by atoms with van der Waals surface area (Å²) in [5.41, 5.74) is 1.11. The molecule has 0 N–H and O–H groups in total. The van der Waals surface area contributed by atoms with Crippen LogP contribution in [0.1, 0.15) is 31.4 Å². The largest absolute Gasteiger partial charge is 0.486 e. The van der Waals surface area contributed by atoms with Crippen molar-refractivity contribution in [1.29, 1.82) is 0 Å². The van der Waals surface area contributed by atoms with E-state index in [1.165, 1.54) is 6.42 Å². The lowest BCUT2D eigenvalue weighted by Gasteiger charge is -2.31. The van der Waals surface area contributed by atoms with Crippen molar-refractivity contribution < 1.29 is 18.7 Å². The molecule has 0 unspecified atom stereocenters. The topological polar surface area (TPSA) is 55.2 Å². The van der Waals surface area contributed by atoms with Gasteiger partial charge in [0.2, 0.25) is 5.91 Å². The van der Waals surface area contributed by atoms with E-state index in [4.69, 9.17) is 13.9 Å². The lowest BCUT2D eigenvalue weighted by atomic mass is 10.0. The zero-order chi connectivity index (χ0) is 20.1. The van der Waals surface area contributed by atoms with Crippen LogP contribution >= 0.6 is 0 Å². The number of hydrogen-bond donors (Lipinski definition) is 0. The van der Waals surface area contributed by atoms with E-state index in [9.17, 15) is 4.79 Å². The van der Waals surface area contributed by atoms with Crippen molar-refractivity contribution >= 4 is 5.91 Å². The predicted molar refractivity (Wildman–Crippen MR) is 110 cm³/mol. The first-order valence-electron chi connectivity index (χ1n) is 10.3. The van der Waals surface area contributed by atoms with Gasteiger partial charge in [0, 0.05) is 12.2 Å². The number of hydrogen-bond acceptors (Lipinski definition) is 5. The van der Waals surface area contributed by atoms with Gasteiger partial charge in [-0.2, -0.15) is 0 Å². The van der Waals surface area contributed by atoms with Crippen LogP contribution in [-0.2, 0) is 11.3 Å². The fourth-order valence-corrected chi connectivity index (χ4v) is 3.86. The van der Waals surface area contributed by atoms with E-state index in [1.807, 2.05) is 53.2 Å². The summed E-state index contributed by atoms with van der Waals surface area (Å²) in [5, 5.41) is 0. The molecule has 1 amide bonds. The molecule has 2 aromatic rings. The molecule has 2 heterocycles. The van der Waals surface area contributed by atoms with Gasteiger partial charge >= 0.3 is 0 Å². The second-order valence-corrected chi connectivity index (χ2v) is 7.69. The summed E-state index contributed by atoms with van der Waals surface area (Å²) in [6, 6.07) is 11.5. The van der Waals surface area contributed by atoms with Gasteiger partial charge in [0.1, 0.15) is 18.5 Å². The molecule has 2 aliphatic rings. The SMILES string of the molecule is CN(CC(=O)N(Cc1ccco1)C1=CCCCC1)C[C@@H]1COc2ccccc2O1. The lowest BCUT2D eigenvalue weighted by molar-refractivity contribution is -0.131. The van der Waals surface area contributed by atoms with Gasteiger partial charge in [0.25, 0.3) is 0 Å². The van der Waals surface area contributed by atoms with Crippen molar-refractivity contribution in [3.8, 4) is 11.5 Å². The third kappa shape index (κ3) is 5.01. The van der Waals surface area contributed by atoms with Gasteiger partial charge in [-0.1, -0.05) is 18.2 Å². The summed E-state index contributed by atoms with van der Waals surface area (Å²) in [7, 11) is 1.95. The van der Waals surface area contributed by atoms with Gasteiger partial charge in [-0.25, -0.2) is 0 Å². The van der Waals surface area contributed by atoms with E-state index in [1.54, 1.807) is 6.26 Å². The van der Waals surface area contributed by atoms with E-state index < -0.39 is 0 Å². The van der Waals surface area contributed by atoms with Gasteiger partial charge in [0.15, 0.2) is 11.5 Å². The number of carbonyl (C=O) groups is 1. The quantitative estimate of drug-likeness (QED) is 0.712. The Hall–Kier alpha value is -2.73. The Kier molecular flexibility index (Phi) is 6.20. The zero-order valence-corrected chi connectivity index (χ0v) is 16.9. The number of para-hydroxylation sites is 2. The van der Waals surface area contributed by atoms with E-state index in [-0.39, 0.29) is 12.0 Å². The van der Waals surface area contributed by atoms with Gasteiger partial charge < -0.3 is 18.8 Å². The molecule has 0 spiro atoms. The minimum absolute atomic E-state index is 0.0779. The van der Waals surface area contributed by atoms with Crippen LogP contribution in [0.15, 0.2) is 58.9 Å². The van der Waals surface area contributed by atoms with Gasteiger partial charge in [0.05, 0.1) is 19.4 Å². The number of amides is 1. The number of fused-ring (bicyclic) bond motifs is 1. The maximum Gasteiger partial charge on any atom is 0.241 e. The van der Waals surface area contributed by atoms with Crippen molar-refractivity contribution in [2.75, 3.05) is 26.7 Å². The fourth-order valence-electron chi connectivity index (χ4n) is 3.86. The maximum atomic E-state index is 13.1. The predicted octanol–water partition coefficient (Wildman–Crippen LogP) is 3.84. The molecule has 29 heavy (non-hydrogen) atoms. The summed E-state index contributed by atoms with van der Waals surface area (Å²) in [5.74, 6) is 2.41. The highest BCUT2D eigenvalue weighted by molar-refractivity contribution is 5.80. The second kappa shape index (κ2) is 9.18. The molecule has 1 aromatic carbocycles. The number of benzene rings is 1. The molecule has 0 radical (unpaired) electrons. The average Bonchev–Trinajstić information content (AvgIpc) is 3.26. The number of allylic oxidation sites excluding steroid dienone is 2. The molecule has 1 aromatic heterocycles. The first-order chi connectivity index (χ1) is 14.2. The Morgan fingerprint density at radius 1 is 1.14 bits per heavy atom. The molecule has 0 saturated carbocycles. The minimum atomic E-state index is -0.102. The molecule has 1 aliphatic carbocycles. The summed E-state index contributed by atoms with van der Waals surface area (Å²) >= 11 is 0. The van der Waals surface area contributed by atoms with Crippen LogP contribution in [0.5, 0.6) is 11.5 Å². The molecule has 1 atom stereocenters. The molecule has 6 nitrogen and oxygen atoms in total. The third-order valence-electron chi connectivity index (χ3n) is 5.30. The lowest BCUT2D eigenvalue weighted by Crippen LogP contribution is -2.44. The standard InChI is InChI=1S/C23H28N2O4/c1-24(14-20-17-28-21-11-5-6-12-22(21)29-20)16-23(26)25(15-19-10-7-13-27-19)18-8-3-2-4-9-18/h5-8,10-13,20H,2-4,9,14-17H2,1H3/t20-/m1/s1. The van der Waals surface area contributed by atoms with E-state index in [0.717, 1.165) is 42.2 Å². The highest BCUT2D eigenvalue weighted by atomic mass is 16.6. The maximum absolute atomic E-state index is 13.1. The number of likely N-dealkylation sites (N-methyl/N-ethyl adjacent to an activating group) is 1. The second-order valence-electron chi connectivity index (χ2n) is 7.69. The molecule has 0 saturated heterocycles. The molecule has 154 valence electrons. The normalized spacial score (nSPS) is 18.4. The summed E-state index contributed by atoms with van der Waals surface area (Å²) in [4.78, 5) is 17.0. The van der Waals surface area contributed by atoms with Crippen LogP contribution < -0.4 is 9.47 Å². The molecule has 0 fully saturated rings. The van der Waals surface area contributed by atoms with Crippen LogP contribution in [0.3, 0.4) is 0 Å². The molecule has 0 bridgehead atoms. The highest BCUT2D eigenvalue weighted by Crippen LogP contribution is 2.31. The number of nitrogens with zero attached hydrogens (tertiary/aromatic N) is 2. The number of rotatable bonds is 7. The van der Waals surface area contributed by atoms with Crippen molar-refractivity contribution in [3.05, 3.63) is 60.2 Å². The van der Waals surface area contributed by atoms with Crippen LogP contribution in [0.4, 0.5) is 0 Å². The van der Waals surface area contributed by atoms with Gasteiger partial charge in [-0.05, 0) is 57.0 Å². The number of carbonyl (C=O) groups excluding carboxylic acids is 1. The molecular formula is C23H28N2O4. The highest BCUT2D eigenvalue weighted by Gasteiger charge is 2.25. The van der Waals surface area contributed by atoms with E-state index in [0.29, 0.717) is 26.2 Å². The van der Waals surface area contributed by atoms with Crippen molar-refractivity contribution in [2.45, 2.75) is 38.3 Å². The smallest absolute Gasteiger partial charge is 0.241 e. The first kappa shape index (κ1) is 19.6. The first-order valence-corrected chi connectivity index (χ1v) is 10.3. The summed E-state index contributed by atoms with van der Waals surface area (Å²) in [6.07, 6.45) is 8.02. The minimum Gasteiger partial charge on any atom is -0.486 e. The van der Waals surface area contributed by atoms with Crippen LogP contribution in [0.2, 0.25) is 0 Å². The third-order valence-corrected chi connectivity index (χ3v) is 5.30. The van der Waals surface area contributed by atoms with E-state index >= 15 is 0 Å². The Morgan fingerprint density at radius 2 is 2.00 bits per heavy atom. The van der Waals surface area contributed by atoms with Crippen molar-refractivity contribution in [1.82, 2.24) is 9.80 Å². The monoisotopic (exact) mass is 396 g/mol. The zero-order valence-electron chi connectivity index (χ0n) is 16.9. The van der Waals surface area contributed by atoms with Gasteiger partial charge in [-0.3, -0.25) is 9.69 Å². The Morgan fingerprint density at radius 3 is 2.76 bits per heavy atom. The fraction of sp³-hybridized carbons (Fsp3) is 0.435. The van der Waals surface area contributed by atoms with E-state index in [2.05, 4.69) is 6.08 Å². The molecule has 1 aliphatic heterocycles. The number of ether oxygens (including phenoxy) is 2. The summed E-state index contributed by atoms with van der Waals surface area (Å²) < 4.78 is 17.3.